The molecule has 4 rings (SSSR count). The number of hydrogen-bond acceptors (Lipinski definition) is 6. The highest BCUT2D eigenvalue weighted by Crippen LogP contribution is 2.43. The van der Waals surface area contributed by atoms with Crippen molar-refractivity contribution in [3.8, 4) is 17.0 Å². The van der Waals surface area contributed by atoms with Crippen LogP contribution in [-0.2, 0) is 14.6 Å². The maximum Gasteiger partial charge on any atom is 0.248 e. The van der Waals surface area contributed by atoms with Crippen molar-refractivity contribution in [1.82, 2.24) is 4.98 Å². The summed E-state index contributed by atoms with van der Waals surface area (Å²) in [7, 11) is -2.29. The molecule has 168 valence electrons. The summed E-state index contributed by atoms with van der Waals surface area (Å²) in [6, 6.07) is 12.8. The molecule has 0 unspecified atom stereocenters. The Morgan fingerprint density at radius 3 is 2.56 bits per heavy atom. The van der Waals surface area contributed by atoms with Gasteiger partial charge in [-0.1, -0.05) is 37.1 Å². The van der Waals surface area contributed by atoms with Gasteiger partial charge in [0.1, 0.15) is 5.75 Å². The molecule has 1 amide bonds. The molecule has 1 aliphatic carbocycles. The molecule has 0 radical (unpaired) electrons. The molecule has 1 aromatic heterocycles. The lowest BCUT2D eigenvalue weighted by atomic mass is 10.1. The van der Waals surface area contributed by atoms with Crippen LogP contribution in [-0.4, -0.2) is 31.2 Å². The molecule has 6 nitrogen and oxygen atoms in total. The number of rotatable bonds is 6. The summed E-state index contributed by atoms with van der Waals surface area (Å²) in [6.07, 6.45) is 2.00. The number of methoxy groups -OCH3 is 1. The minimum atomic E-state index is -3.88. The molecule has 0 saturated heterocycles. The summed E-state index contributed by atoms with van der Waals surface area (Å²) in [5, 5.41) is 5.01. The second kappa shape index (κ2) is 8.67. The van der Waals surface area contributed by atoms with Crippen molar-refractivity contribution in [2.45, 2.75) is 49.2 Å². The highest BCUT2D eigenvalue weighted by Gasteiger charge is 2.53. The fraction of sp³-hybridized carbons (Fsp3) is 0.333. The topological polar surface area (TPSA) is 85.4 Å². The normalized spacial score (nSPS) is 15.5. The number of hydrogen-bond donors (Lipinski definition) is 1. The number of nitrogens with one attached hydrogen (secondary N) is 1. The van der Waals surface area contributed by atoms with Crippen molar-refractivity contribution in [1.29, 1.82) is 0 Å². The number of amides is 1. The third-order valence-corrected chi connectivity index (χ3v) is 9.48. The zero-order valence-electron chi connectivity index (χ0n) is 18.3. The van der Waals surface area contributed by atoms with E-state index < -0.39 is 20.5 Å². The smallest absolute Gasteiger partial charge is 0.248 e. The molecule has 2 aromatic carbocycles. The number of ether oxygens (including phenoxy) is 1. The van der Waals surface area contributed by atoms with Gasteiger partial charge in [0.2, 0.25) is 5.91 Å². The molecule has 0 bridgehead atoms. The van der Waals surface area contributed by atoms with Gasteiger partial charge in [-0.2, -0.15) is 0 Å². The van der Waals surface area contributed by atoms with Crippen molar-refractivity contribution in [3.05, 3.63) is 59.0 Å². The van der Waals surface area contributed by atoms with Crippen LogP contribution < -0.4 is 10.1 Å². The van der Waals surface area contributed by atoms with Crippen LogP contribution in [0.2, 0.25) is 0 Å². The minimum absolute atomic E-state index is 0.239. The number of para-hydroxylation sites is 1. The Morgan fingerprint density at radius 1 is 1.12 bits per heavy atom. The van der Waals surface area contributed by atoms with Gasteiger partial charge in [-0.15, -0.1) is 11.3 Å². The predicted octanol–water partition coefficient (Wildman–Crippen LogP) is 5.16. The zero-order chi connectivity index (χ0) is 22.9. The van der Waals surface area contributed by atoms with Crippen LogP contribution in [0, 0.1) is 13.8 Å². The first-order valence-electron chi connectivity index (χ1n) is 10.5. The first-order chi connectivity index (χ1) is 15.3. The predicted molar refractivity (Wildman–Crippen MR) is 127 cm³/mol. The number of anilines is 1. The fourth-order valence-electron chi connectivity index (χ4n) is 4.29. The van der Waals surface area contributed by atoms with Gasteiger partial charge in [0.05, 0.1) is 17.7 Å². The third kappa shape index (κ3) is 3.82. The Bertz CT molecular complexity index is 1260. The number of sulfone groups is 1. The van der Waals surface area contributed by atoms with Crippen LogP contribution in [0.25, 0.3) is 11.3 Å². The lowest BCUT2D eigenvalue weighted by Gasteiger charge is -2.28. The molecule has 0 atom stereocenters. The average Bonchev–Trinajstić information content (AvgIpc) is 3.46. The van der Waals surface area contributed by atoms with Gasteiger partial charge in [-0.3, -0.25) is 4.79 Å². The van der Waals surface area contributed by atoms with Crippen molar-refractivity contribution < 1.29 is 17.9 Å². The Morgan fingerprint density at radius 2 is 1.84 bits per heavy atom. The van der Waals surface area contributed by atoms with E-state index in [0.717, 1.165) is 11.1 Å². The van der Waals surface area contributed by atoms with Gasteiger partial charge >= 0.3 is 0 Å². The fourth-order valence-corrected chi connectivity index (χ4v) is 7.37. The molecule has 1 fully saturated rings. The Hall–Kier alpha value is -2.71. The SMILES string of the molecule is COc1ccccc1-c1csc(NC(=O)C2(S(=O)(=O)c3cc(C)ccc3C)CCCC2)n1. The van der Waals surface area contributed by atoms with Crippen LogP contribution in [0.15, 0.2) is 52.7 Å². The molecule has 8 heteroatoms. The molecule has 0 aliphatic heterocycles. The van der Waals surface area contributed by atoms with E-state index in [2.05, 4.69) is 10.3 Å². The molecular weight excluding hydrogens is 444 g/mol. The lowest BCUT2D eigenvalue weighted by Crippen LogP contribution is -2.47. The van der Waals surface area contributed by atoms with E-state index >= 15 is 0 Å². The van der Waals surface area contributed by atoms with E-state index in [1.807, 2.05) is 42.6 Å². The number of thiazole rings is 1. The molecule has 1 N–H and O–H groups in total. The minimum Gasteiger partial charge on any atom is -0.496 e. The number of nitrogens with zero attached hydrogens (tertiary/aromatic N) is 1. The maximum absolute atomic E-state index is 13.8. The van der Waals surface area contributed by atoms with Crippen molar-refractivity contribution >= 4 is 32.2 Å². The average molecular weight is 471 g/mol. The summed E-state index contributed by atoms with van der Waals surface area (Å²) in [5.74, 6) is 0.178. The maximum atomic E-state index is 13.8. The van der Waals surface area contributed by atoms with E-state index in [1.54, 1.807) is 26.2 Å². The van der Waals surface area contributed by atoms with Gasteiger partial charge in [0.15, 0.2) is 19.7 Å². The van der Waals surface area contributed by atoms with E-state index in [1.165, 1.54) is 11.3 Å². The van der Waals surface area contributed by atoms with Crippen LogP contribution in [0.3, 0.4) is 0 Å². The van der Waals surface area contributed by atoms with E-state index in [-0.39, 0.29) is 4.90 Å². The van der Waals surface area contributed by atoms with Crippen LogP contribution >= 0.6 is 11.3 Å². The molecule has 1 heterocycles. The largest absolute Gasteiger partial charge is 0.496 e. The van der Waals surface area contributed by atoms with E-state index in [9.17, 15) is 13.2 Å². The second-order valence-corrected chi connectivity index (χ2v) is 11.3. The molecule has 1 saturated carbocycles. The summed E-state index contributed by atoms with van der Waals surface area (Å²) in [5.41, 5.74) is 2.98. The quantitative estimate of drug-likeness (QED) is 0.538. The Labute approximate surface area is 192 Å². The van der Waals surface area contributed by atoms with Gasteiger partial charge in [-0.25, -0.2) is 13.4 Å². The van der Waals surface area contributed by atoms with Crippen molar-refractivity contribution in [2.24, 2.45) is 0 Å². The van der Waals surface area contributed by atoms with Gasteiger partial charge in [0.25, 0.3) is 0 Å². The molecule has 0 spiro atoms. The summed E-state index contributed by atoms with van der Waals surface area (Å²) >= 11 is 1.27. The molecule has 3 aromatic rings. The Kier molecular flexibility index (Phi) is 6.09. The Balaban J connectivity index is 1.67. The summed E-state index contributed by atoms with van der Waals surface area (Å²) < 4.78 is 31.5. The molecule has 32 heavy (non-hydrogen) atoms. The van der Waals surface area contributed by atoms with Crippen LogP contribution in [0.5, 0.6) is 5.75 Å². The monoisotopic (exact) mass is 470 g/mol. The number of carbonyl (C=O) groups is 1. The summed E-state index contributed by atoms with van der Waals surface area (Å²) in [6.45, 7) is 3.63. The number of carbonyl (C=O) groups excluding carboxylic acids is 1. The zero-order valence-corrected chi connectivity index (χ0v) is 20.0. The number of benzene rings is 2. The standard InChI is InChI=1S/C24H26N2O4S2/c1-16-10-11-17(2)21(14-16)32(28,29)24(12-6-7-13-24)22(27)26-23-25-19(15-31-23)18-8-4-5-9-20(18)30-3/h4-5,8-11,14-15H,6-7,12-13H2,1-3H3,(H,25,26,27). The van der Waals surface area contributed by atoms with Gasteiger partial charge in [0, 0.05) is 10.9 Å². The molecular formula is C24H26N2O4S2. The van der Waals surface area contributed by atoms with Crippen molar-refractivity contribution in [3.63, 3.8) is 0 Å². The van der Waals surface area contributed by atoms with E-state index in [4.69, 9.17) is 4.74 Å². The first-order valence-corrected chi connectivity index (χ1v) is 12.9. The van der Waals surface area contributed by atoms with Crippen molar-refractivity contribution in [2.75, 3.05) is 12.4 Å². The van der Waals surface area contributed by atoms with Gasteiger partial charge in [-0.05, 0) is 56.0 Å². The van der Waals surface area contributed by atoms with E-state index in [0.29, 0.717) is 47.8 Å². The first kappa shape index (κ1) is 22.5. The lowest BCUT2D eigenvalue weighted by molar-refractivity contribution is -0.118. The van der Waals surface area contributed by atoms with Gasteiger partial charge < -0.3 is 10.1 Å². The van der Waals surface area contributed by atoms with Crippen LogP contribution in [0.1, 0.15) is 36.8 Å². The third-order valence-electron chi connectivity index (χ3n) is 6.08. The highest BCUT2D eigenvalue weighted by atomic mass is 32.2. The second-order valence-electron chi connectivity index (χ2n) is 8.17. The molecule has 1 aliphatic rings. The van der Waals surface area contributed by atoms with Crippen LogP contribution in [0.4, 0.5) is 5.13 Å². The highest BCUT2D eigenvalue weighted by molar-refractivity contribution is 7.93. The number of aromatic nitrogens is 1. The summed E-state index contributed by atoms with van der Waals surface area (Å²) in [4.78, 5) is 18.2. The number of aryl methyl sites for hydroxylation is 2.